The van der Waals surface area contributed by atoms with E-state index in [0.29, 0.717) is 28.8 Å². The van der Waals surface area contributed by atoms with Crippen LogP contribution in [0.4, 0.5) is 0 Å². The van der Waals surface area contributed by atoms with Crippen molar-refractivity contribution in [1.29, 1.82) is 0 Å². The van der Waals surface area contributed by atoms with Crippen LogP contribution in [0.3, 0.4) is 0 Å². The minimum absolute atomic E-state index is 0.0296. The van der Waals surface area contributed by atoms with Crippen molar-refractivity contribution < 1.29 is 14.4 Å². The van der Waals surface area contributed by atoms with Crippen molar-refractivity contribution in [2.24, 2.45) is 11.3 Å². The summed E-state index contributed by atoms with van der Waals surface area (Å²) in [6, 6.07) is 1.25. The van der Waals surface area contributed by atoms with E-state index in [9.17, 15) is 14.4 Å². The number of nitrogens with one attached hydrogen (secondary N) is 1. The van der Waals surface area contributed by atoms with Gasteiger partial charge in [-0.15, -0.1) is 0 Å². The molecule has 1 aliphatic carbocycles. The summed E-state index contributed by atoms with van der Waals surface area (Å²) in [5.41, 5.74) is 2.45. The van der Waals surface area contributed by atoms with Crippen molar-refractivity contribution in [3.8, 4) is 0 Å². The number of likely N-dealkylation sites (tertiary alicyclic amines) is 1. The zero-order valence-corrected chi connectivity index (χ0v) is 16.4. The van der Waals surface area contributed by atoms with Crippen molar-refractivity contribution >= 4 is 36.5 Å². The van der Waals surface area contributed by atoms with Gasteiger partial charge in [-0.3, -0.25) is 24.0 Å². The molecular weight excluding hydrogens is 357 g/mol. The van der Waals surface area contributed by atoms with Gasteiger partial charge >= 0.3 is 0 Å². The smallest absolute Gasteiger partial charge is 0.245 e. The van der Waals surface area contributed by atoms with Gasteiger partial charge in [-0.05, 0) is 37.7 Å². The van der Waals surface area contributed by atoms with Gasteiger partial charge < -0.3 is 10.1 Å². The summed E-state index contributed by atoms with van der Waals surface area (Å²) < 4.78 is 1.53. The van der Waals surface area contributed by atoms with Gasteiger partial charge in [-0.25, -0.2) is 0 Å². The molecule has 2 amide bonds. The highest BCUT2D eigenvalue weighted by Gasteiger charge is 2.64. The maximum Gasteiger partial charge on any atom is 0.245 e. The summed E-state index contributed by atoms with van der Waals surface area (Å²) in [4.78, 5) is 43.4. The fourth-order valence-corrected chi connectivity index (χ4v) is 4.62. The maximum atomic E-state index is 13.1. The Kier molecular flexibility index (Phi) is 4.10. The number of aromatic nitrogens is 3. The summed E-state index contributed by atoms with van der Waals surface area (Å²) in [6.45, 7) is 7.67. The van der Waals surface area contributed by atoms with Crippen LogP contribution in [-0.4, -0.2) is 57.8 Å². The molecule has 144 valence electrons. The molecule has 1 aliphatic heterocycles. The predicted molar refractivity (Wildman–Crippen MR) is 103 cm³/mol. The Morgan fingerprint density at radius 2 is 2.07 bits per heavy atom. The van der Waals surface area contributed by atoms with Crippen molar-refractivity contribution in [1.82, 2.24) is 24.9 Å². The largest absolute Gasteiger partial charge is 0.407 e. The summed E-state index contributed by atoms with van der Waals surface area (Å²) in [6.07, 6.45) is 0.913. The lowest BCUT2D eigenvalue weighted by Gasteiger charge is -2.27. The third-order valence-electron chi connectivity index (χ3n) is 6.05. The number of hydrogen-bond donors (Lipinski definition) is 1. The summed E-state index contributed by atoms with van der Waals surface area (Å²) in [5, 5.41) is 7.27. The molecular formula is C19H22BN5O3. The van der Waals surface area contributed by atoms with Gasteiger partial charge in [0.25, 0.3) is 0 Å². The van der Waals surface area contributed by atoms with Gasteiger partial charge in [0, 0.05) is 24.5 Å². The Balaban J connectivity index is 1.69. The lowest BCUT2D eigenvalue weighted by atomic mass is 10.1. The van der Waals surface area contributed by atoms with E-state index in [2.05, 4.69) is 22.2 Å². The fraction of sp³-hybridized carbons (Fsp3) is 0.526. The number of piperidine rings is 1. The lowest BCUT2D eigenvalue weighted by Crippen LogP contribution is -2.48. The molecule has 2 aromatic rings. The third-order valence-corrected chi connectivity index (χ3v) is 6.05. The Bertz CT molecular complexity index is 1030. The molecule has 4 rings (SSSR count). The van der Waals surface area contributed by atoms with Crippen molar-refractivity contribution in [2.75, 3.05) is 6.54 Å². The van der Waals surface area contributed by atoms with E-state index in [1.807, 2.05) is 19.9 Å². The topological polar surface area (TPSA) is 97.2 Å². The SMILES string of the molecule is [B]NC(=O)C1C2CC2(C)CN1C(=O)Cn1nc(C(C)=O)c2cc(C)nc(C)c21. The van der Waals surface area contributed by atoms with Crippen LogP contribution in [0.5, 0.6) is 0 Å². The molecule has 0 aromatic carbocycles. The molecule has 1 saturated carbocycles. The minimum atomic E-state index is -0.557. The summed E-state index contributed by atoms with van der Waals surface area (Å²) in [7, 11) is 5.33. The lowest BCUT2D eigenvalue weighted by molar-refractivity contribution is -0.139. The second kappa shape index (κ2) is 6.15. The van der Waals surface area contributed by atoms with Crippen molar-refractivity contribution in [3.63, 3.8) is 0 Å². The quantitative estimate of drug-likeness (QED) is 0.623. The van der Waals surface area contributed by atoms with Gasteiger partial charge in [0.1, 0.15) is 18.3 Å². The molecule has 2 radical (unpaired) electrons. The number of nitrogens with zero attached hydrogens (tertiary/aromatic N) is 4. The molecule has 1 saturated heterocycles. The Hall–Kier alpha value is -2.71. The molecule has 9 heteroatoms. The highest BCUT2D eigenvalue weighted by molar-refractivity contribution is 6.15. The van der Waals surface area contributed by atoms with Crippen LogP contribution in [0, 0.1) is 25.2 Å². The van der Waals surface area contributed by atoms with Gasteiger partial charge in [0.15, 0.2) is 5.78 Å². The van der Waals surface area contributed by atoms with E-state index in [1.54, 1.807) is 4.90 Å². The number of rotatable bonds is 4. The molecule has 2 aliphatic rings. The molecule has 3 atom stereocenters. The van der Waals surface area contributed by atoms with E-state index in [1.165, 1.54) is 11.6 Å². The first-order valence-corrected chi connectivity index (χ1v) is 9.32. The molecule has 2 aromatic heterocycles. The molecule has 0 spiro atoms. The Morgan fingerprint density at radius 3 is 2.71 bits per heavy atom. The monoisotopic (exact) mass is 379 g/mol. The maximum absolute atomic E-state index is 13.1. The molecule has 3 heterocycles. The van der Waals surface area contributed by atoms with Crippen LogP contribution in [0.15, 0.2) is 6.07 Å². The van der Waals surface area contributed by atoms with Gasteiger partial charge in [0.05, 0.1) is 11.2 Å². The normalized spacial score (nSPS) is 25.6. The van der Waals surface area contributed by atoms with Crippen LogP contribution in [-0.2, 0) is 16.1 Å². The number of hydrogen-bond acceptors (Lipinski definition) is 5. The molecule has 3 unspecified atom stereocenters. The van der Waals surface area contributed by atoms with E-state index in [4.69, 9.17) is 7.98 Å². The summed E-state index contributed by atoms with van der Waals surface area (Å²) >= 11 is 0. The Labute approximate surface area is 164 Å². The van der Waals surface area contributed by atoms with Crippen LogP contribution in [0.1, 0.15) is 42.1 Å². The van der Waals surface area contributed by atoms with Gasteiger partial charge in [-0.1, -0.05) is 6.92 Å². The number of ketones is 1. The zero-order chi connectivity index (χ0) is 20.4. The number of amides is 2. The second-order valence-corrected chi connectivity index (χ2v) is 8.25. The third kappa shape index (κ3) is 2.72. The number of fused-ring (bicyclic) bond motifs is 2. The number of aryl methyl sites for hydroxylation is 2. The van der Waals surface area contributed by atoms with Crippen molar-refractivity contribution in [2.45, 2.75) is 46.7 Å². The van der Waals surface area contributed by atoms with Crippen LogP contribution >= 0.6 is 0 Å². The fourth-order valence-electron chi connectivity index (χ4n) is 4.62. The first kappa shape index (κ1) is 18.6. The molecule has 28 heavy (non-hydrogen) atoms. The van der Waals surface area contributed by atoms with E-state index >= 15 is 0 Å². The molecule has 0 bridgehead atoms. The number of carbonyl (C=O) groups excluding carboxylic acids is 3. The van der Waals surface area contributed by atoms with E-state index in [0.717, 1.165) is 12.1 Å². The Morgan fingerprint density at radius 1 is 1.36 bits per heavy atom. The van der Waals surface area contributed by atoms with E-state index in [-0.39, 0.29) is 35.5 Å². The predicted octanol–water partition coefficient (Wildman–Crippen LogP) is 0.687. The van der Waals surface area contributed by atoms with Gasteiger partial charge in [0.2, 0.25) is 19.8 Å². The van der Waals surface area contributed by atoms with Crippen LogP contribution < -0.4 is 5.23 Å². The van der Waals surface area contributed by atoms with E-state index < -0.39 is 6.04 Å². The van der Waals surface area contributed by atoms with Crippen LogP contribution in [0.25, 0.3) is 10.9 Å². The van der Waals surface area contributed by atoms with Crippen LogP contribution in [0.2, 0.25) is 0 Å². The molecule has 2 fully saturated rings. The highest BCUT2D eigenvalue weighted by Crippen LogP contribution is 2.60. The molecule has 1 N–H and O–H groups in total. The highest BCUT2D eigenvalue weighted by atomic mass is 16.2. The average molecular weight is 379 g/mol. The number of carbonyl (C=O) groups is 3. The number of pyridine rings is 1. The minimum Gasteiger partial charge on any atom is -0.407 e. The first-order valence-electron chi connectivity index (χ1n) is 9.32. The first-order chi connectivity index (χ1) is 13.2. The number of Topliss-reactive ketones (excluding diaryl/α,β-unsaturated/α-hetero) is 1. The standard InChI is InChI=1S/C19H22BN5O3/c1-9-5-12-15(11(3)26)23-25(16(12)10(2)21-9)7-14(27)24-8-19(4)6-13(19)17(24)18(28)22-20/h5,13,17H,6-8H2,1-4H3,(H,22,28). The second-order valence-electron chi connectivity index (χ2n) is 8.25. The average Bonchev–Trinajstić information content (AvgIpc) is 2.98. The molecule has 8 nitrogen and oxygen atoms in total. The summed E-state index contributed by atoms with van der Waals surface area (Å²) in [5.74, 6) is -0.603. The zero-order valence-electron chi connectivity index (χ0n) is 16.4. The van der Waals surface area contributed by atoms with Crippen molar-refractivity contribution in [3.05, 3.63) is 23.1 Å². The van der Waals surface area contributed by atoms with Gasteiger partial charge in [-0.2, -0.15) is 5.10 Å².